The molecule has 2 heterocycles. The van der Waals surface area contributed by atoms with Crippen LogP contribution in [-0.4, -0.2) is 26.8 Å². The fourth-order valence-electron chi connectivity index (χ4n) is 2.36. The van der Waals surface area contributed by atoms with Crippen LogP contribution in [0.2, 0.25) is 0 Å². The van der Waals surface area contributed by atoms with Crippen molar-refractivity contribution in [1.29, 1.82) is 0 Å². The molecule has 0 spiro atoms. The van der Waals surface area contributed by atoms with Crippen molar-refractivity contribution in [3.63, 3.8) is 0 Å². The molecule has 7 heteroatoms. The molecule has 0 radical (unpaired) electrons. The second kappa shape index (κ2) is 5.14. The summed E-state index contributed by atoms with van der Waals surface area (Å²) in [5.41, 5.74) is 0.205. The number of hydrogen-bond acceptors (Lipinski definition) is 5. The van der Waals surface area contributed by atoms with Crippen LogP contribution in [0.25, 0.3) is 10.2 Å². The summed E-state index contributed by atoms with van der Waals surface area (Å²) in [5.74, 6) is -0.490. The highest BCUT2D eigenvalue weighted by atomic mass is 32.2. The minimum Gasteiger partial charge on any atom is -0.481 e. The molecule has 112 valence electrons. The van der Waals surface area contributed by atoms with E-state index in [4.69, 9.17) is 5.11 Å². The molecule has 0 aliphatic heterocycles. The highest BCUT2D eigenvalue weighted by molar-refractivity contribution is 7.99. The van der Waals surface area contributed by atoms with Crippen LogP contribution in [0.1, 0.15) is 30.7 Å². The Kier molecular flexibility index (Phi) is 3.57. The van der Waals surface area contributed by atoms with E-state index in [1.165, 1.54) is 16.6 Å². The average molecular weight is 324 g/mol. The summed E-state index contributed by atoms with van der Waals surface area (Å²) in [6.07, 6.45) is 3.10. The van der Waals surface area contributed by atoms with Gasteiger partial charge in [-0.3, -0.25) is 9.59 Å². The number of aliphatic carboxylic acids is 1. The van der Waals surface area contributed by atoms with Crippen LogP contribution >= 0.6 is 23.1 Å². The van der Waals surface area contributed by atoms with Gasteiger partial charge >= 0.3 is 5.97 Å². The second-order valence-corrected chi connectivity index (χ2v) is 7.93. The summed E-state index contributed by atoms with van der Waals surface area (Å²) >= 11 is 2.88. The average Bonchev–Trinajstić information content (AvgIpc) is 2.95. The first kappa shape index (κ1) is 14.6. The highest BCUT2D eigenvalue weighted by Crippen LogP contribution is 2.35. The van der Waals surface area contributed by atoms with Crippen molar-refractivity contribution < 1.29 is 9.90 Å². The third-order valence-electron chi connectivity index (χ3n) is 3.70. The van der Waals surface area contributed by atoms with Crippen LogP contribution in [0.4, 0.5) is 0 Å². The lowest BCUT2D eigenvalue weighted by molar-refractivity contribution is -0.145. The lowest BCUT2D eigenvalue weighted by atomic mass is 9.97. The van der Waals surface area contributed by atoms with Gasteiger partial charge in [0.1, 0.15) is 4.83 Å². The number of thiophene rings is 1. The number of hydrogen-bond donors (Lipinski definition) is 2. The Hall–Kier alpha value is -1.34. The quantitative estimate of drug-likeness (QED) is 0.667. The minimum atomic E-state index is -0.853. The SMILES string of the molecule is CC(C)(CSc1nc2sc3c(c2c(=O)[nH]1)CCC3)C(=O)O. The van der Waals surface area contributed by atoms with Crippen LogP contribution in [-0.2, 0) is 17.6 Å². The molecule has 21 heavy (non-hydrogen) atoms. The third-order valence-corrected chi connectivity index (χ3v) is 6.22. The van der Waals surface area contributed by atoms with Gasteiger partial charge in [-0.15, -0.1) is 11.3 Å². The van der Waals surface area contributed by atoms with E-state index < -0.39 is 11.4 Å². The Morgan fingerprint density at radius 3 is 2.95 bits per heavy atom. The third kappa shape index (κ3) is 2.60. The van der Waals surface area contributed by atoms with Gasteiger partial charge in [0, 0.05) is 10.6 Å². The van der Waals surface area contributed by atoms with Crippen LogP contribution in [0.5, 0.6) is 0 Å². The van der Waals surface area contributed by atoms with Crippen molar-refractivity contribution in [1.82, 2.24) is 9.97 Å². The number of carboxylic acid groups (broad SMARTS) is 1. The molecular formula is C14H16N2O3S2. The summed E-state index contributed by atoms with van der Waals surface area (Å²) in [6.45, 7) is 3.33. The van der Waals surface area contributed by atoms with Crippen LogP contribution in [0.3, 0.4) is 0 Å². The zero-order valence-electron chi connectivity index (χ0n) is 11.9. The molecule has 0 amide bonds. The summed E-state index contributed by atoms with van der Waals surface area (Å²) in [4.78, 5) is 32.7. The number of carbonyl (C=O) groups is 1. The number of rotatable bonds is 4. The smallest absolute Gasteiger partial charge is 0.309 e. The van der Waals surface area contributed by atoms with Crippen LogP contribution in [0.15, 0.2) is 9.95 Å². The highest BCUT2D eigenvalue weighted by Gasteiger charge is 2.28. The zero-order chi connectivity index (χ0) is 15.2. The topological polar surface area (TPSA) is 83.0 Å². The molecule has 0 fully saturated rings. The molecule has 2 aromatic heterocycles. The van der Waals surface area contributed by atoms with E-state index in [1.54, 1.807) is 25.2 Å². The van der Waals surface area contributed by atoms with Crippen molar-refractivity contribution in [2.75, 3.05) is 5.75 Å². The van der Waals surface area contributed by atoms with E-state index >= 15 is 0 Å². The molecule has 0 aromatic carbocycles. The second-order valence-electron chi connectivity index (χ2n) is 5.89. The first-order valence-electron chi connectivity index (χ1n) is 6.79. The number of nitrogens with one attached hydrogen (secondary N) is 1. The molecule has 2 aromatic rings. The maximum Gasteiger partial charge on any atom is 0.309 e. The van der Waals surface area contributed by atoms with Gasteiger partial charge in [0.2, 0.25) is 0 Å². The van der Waals surface area contributed by atoms with Crippen molar-refractivity contribution >= 4 is 39.3 Å². The first-order chi connectivity index (χ1) is 9.88. The monoisotopic (exact) mass is 324 g/mol. The van der Waals surface area contributed by atoms with Gasteiger partial charge in [0.05, 0.1) is 10.8 Å². The van der Waals surface area contributed by atoms with Gasteiger partial charge < -0.3 is 10.1 Å². The number of carboxylic acids is 1. The molecule has 3 rings (SSSR count). The number of aryl methyl sites for hydroxylation is 2. The summed E-state index contributed by atoms with van der Waals surface area (Å²) < 4.78 is 0. The van der Waals surface area contributed by atoms with Crippen molar-refractivity contribution in [2.45, 2.75) is 38.3 Å². The fourth-order valence-corrected chi connectivity index (χ4v) is 4.62. The molecule has 5 nitrogen and oxygen atoms in total. The molecule has 1 aliphatic carbocycles. The van der Waals surface area contributed by atoms with Gasteiger partial charge in [-0.25, -0.2) is 4.98 Å². The summed E-state index contributed by atoms with van der Waals surface area (Å²) in [6, 6.07) is 0. The standard InChI is InChI=1S/C14H16N2O3S2/c1-14(2,12(18)19)6-20-13-15-10(17)9-7-4-3-5-8(7)21-11(9)16-13/h3-6H2,1-2H3,(H,18,19)(H,15,16,17). The van der Waals surface area contributed by atoms with Gasteiger partial charge in [-0.05, 0) is 38.7 Å². The van der Waals surface area contributed by atoms with E-state index in [9.17, 15) is 9.59 Å². The van der Waals surface area contributed by atoms with Crippen LogP contribution in [0, 0.1) is 5.41 Å². The lowest BCUT2D eigenvalue weighted by Crippen LogP contribution is -2.26. The van der Waals surface area contributed by atoms with E-state index in [0.717, 1.165) is 35.0 Å². The molecular weight excluding hydrogens is 308 g/mol. The number of H-pyrrole nitrogens is 1. The molecule has 0 saturated heterocycles. The van der Waals surface area contributed by atoms with Crippen molar-refractivity contribution in [3.05, 3.63) is 20.8 Å². The Morgan fingerprint density at radius 1 is 1.48 bits per heavy atom. The molecule has 0 atom stereocenters. The molecule has 2 N–H and O–H groups in total. The number of fused-ring (bicyclic) bond motifs is 3. The lowest BCUT2D eigenvalue weighted by Gasteiger charge is -2.17. The fraction of sp³-hybridized carbons (Fsp3) is 0.500. The molecule has 0 saturated carbocycles. The number of aromatic amines is 1. The minimum absolute atomic E-state index is 0.102. The van der Waals surface area contributed by atoms with E-state index in [0.29, 0.717) is 10.9 Å². The Labute approximate surface area is 129 Å². The molecule has 1 aliphatic rings. The van der Waals surface area contributed by atoms with Gasteiger partial charge in [-0.1, -0.05) is 11.8 Å². The summed E-state index contributed by atoms with van der Waals surface area (Å²) in [5, 5.41) is 10.4. The van der Waals surface area contributed by atoms with Gasteiger partial charge in [-0.2, -0.15) is 0 Å². The maximum absolute atomic E-state index is 12.3. The van der Waals surface area contributed by atoms with Gasteiger partial charge in [0.15, 0.2) is 5.16 Å². The number of nitrogens with zero attached hydrogens (tertiary/aromatic N) is 1. The molecule has 0 unspecified atom stereocenters. The van der Waals surface area contributed by atoms with Gasteiger partial charge in [0.25, 0.3) is 5.56 Å². The number of thioether (sulfide) groups is 1. The molecule has 0 bridgehead atoms. The van der Waals surface area contributed by atoms with E-state index in [-0.39, 0.29) is 5.56 Å². The first-order valence-corrected chi connectivity index (χ1v) is 8.59. The predicted molar refractivity (Wildman–Crippen MR) is 84.4 cm³/mol. The zero-order valence-corrected chi connectivity index (χ0v) is 13.5. The Bertz CT molecular complexity index is 776. The predicted octanol–water partition coefficient (Wildman–Crippen LogP) is 2.68. The largest absolute Gasteiger partial charge is 0.481 e. The Morgan fingerprint density at radius 2 is 2.24 bits per heavy atom. The Balaban J connectivity index is 1.92. The number of aromatic nitrogens is 2. The normalized spacial score (nSPS) is 14.6. The maximum atomic E-state index is 12.3. The summed E-state index contributed by atoms with van der Waals surface area (Å²) in [7, 11) is 0. The van der Waals surface area contributed by atoms with Crippen molar-refractivity contribution in [3.8, 4) is 0 Å². The van der Waals surface area contributed by atoms with Crippen LogP contribution < -0.4 is 5.56 Å². The van der Waals surface area contributed by atoms with Crippen molar-refractivity contribution in [2.24, 2.45) is 5.41 Å². The van der Waals surface area contributed by atoms with E-state index in [1.807, 2.05) is 0 Å². The van der Waals surface area contributed by atoms with E-state index in [2.05, 4.69) is 9.97 Å².